The van der Waals surface area contributed by atoms with E-state index in [4.69, 9.17) is 9.72 Å². The molecule has 0 saturated heterocycles. The predicted molar refractivity (Wildman–Crippen MR) is 156 cm³/mol. The first-order valence-corrected chi connectivity index (χ1v) is 17.3. The first-order chi connectivity index (χ1) is 19.8. The number of carbonyl (C=O) groups is 1. The number of rotatable bonds is 5. The van der Waals surface area contributed by atoms with Crippen molar-refractivity contribution in [2.45, 2.75) is 70.3 Å². The second-order valence-electron chi connectivity index (χ2n) is 11.9. The maximum absolute atomic E-state index is 13.9. The van der Waals surface area contributed by atoms with Crippen LogP contribution in [0, 0.1) is 0 Å². The molecule has 0 spiro atoms. The minimum Gasteiger partial charge on any atom is -0.460 e. The number of nitrogens with zero attached hydrogens (tertiary/aromatic N) is 2. The third-order valence-electron chi connectivity index (χ3n) is 8.83. The predicted octanol–water partition coefficient (Wildman–Crippen LogP) is 5.65. The molecule has 4 heterocycles. The number of esters is 1. The van der Waals surface area contributed by atoms with Crippen molar-refractivity contribution in [3.63, 3.8) is 0 Å². The molecule has 0 fully saturated rings. The molecule has 1 unspecified atom stereocenters. The molecule has 6 nitrogen and oxygen atoms in total. The molecule has 6 rings (SSSR count). The van der Waals surface area contributed by atoms with Crippen LogP contribution in [0.3, 0.4) is 0 Å². The fourth-order valence-electron chi connectivity index (χ4n) is 6.45. The number of cyclic esters (lactones) is 1. The van der Waals surface area contributed by atoms with E-state index < -0.39 is 36.9 Å². The second kappa shape index (κ2) is 9.91. The Bertz CT molecular complexity index is 1800. The van der Waals surface area contributed by atoms with Gasteiger partial charge in [0, 0.05) is 5.39 Å². The van der Waals surface area contributed by atoms with E-state index in [1.807, 2.05) is 30.3 Å². The van der Waals surface area contributed by atoms with Gasteiger partial charge in [-0.15, -0.1) is 0 Å². The number of alkyl halides is 3. The molecular weight excluding hydrogens is 561 g/mol. The molecule has 2 aliphatic heterocycles. The van der Waals surface area contributed by atoms with Gasteiger partial charge in [-0.05, 0) is 65.0 Å². The summed E-state index contributed by atoms with van der Waals surface area (Å²) in [7, 11) is -2.45. The van der Waals surface area contributed by atoms with E-state index in [1.54, 1.807) is 17.6 Å². The van der Waals surface area contributed by atoms with Crippen LogP contribution >= 0.6 is 0 Å². The lowest BCUT2D eigenvalue weighted by molar-refractivity contribution is -0.149. The molecule has 0 saturated carbocycles. The molecule has 2 aliphatic rings. The Morgan fingerprint density at radius 2 is 1.81 bits per heavy atom. The van der Waals surface area contributed by atoms with Crippen LogP contribution in [-0.2, 0) is 40.9 Å². The number of ether oxygens (including phenoxy) is 1. The van der Waals surface area contributed by atoms with Crippen LogP contribution in [0.5, 0.6) is 0 Å². The monoisotopic (exact) mass is 592 g/mol. The molecule has 0 radical (unpaired) electrons. The van der Waals surface area contributed by atoms with Crippen molar-refractivity contribution in [1.82, 2.24) is 9.55 Å². The number of carbonyl (C=O) groups excluding carboxylic acids is 1. The summed E-state index contributed by atoms with van der Waals surface area (Å²) in [5.74, 6) is -0.585. The zero-order valence-electron chi connectivity index (χ0n) is 23.6. The van der Waals surface area contributed by atoms with Gasteiger partial charge in [0.25, 0.3) is 5.56 Å². The van der Waals surface area contributed by atoms with Crippen molar-refractivity contribution in [3.8, 4) is 11.4 Å². The summed E-state index contributed by atoms with van der Waals surface area (Å²) in [5.41, 5.74) is 1.21. The summed E-state index contributed by atoms with van der Waals surface area (Å²) in [6, 6.07) is 16.1. The van der Waals surface area contributed by atoms with Gasteiger partial charge >= 0.3 is 12.1 Å². The lowest BCUT2D eigenvalue weighted by Crippen LogP contribution is -2.45. The van der Waals surface area contributed by atoms with Gasteiger partial charge in [-0.3, -0.25) is 9.59 Å². The van der Waals surface area contributed by atoms with Gasteiger partial charge in [0.1, 0.15) is 12.2 Å². The average molecular weight is 593 g/mol. The SMILES string of the molecule is CCC1(O)CC(=O)OCc2c1cc1n(c2=O)Cc2c-1nc1ccc(C(F)(F)F)cc1c2[Si](C)(C)CCc1ccccc1. The normalized spacial score (nSPS) is 18.3. The minimum absolute atomic E-state index is 0.144. The maximum Gasteiger partial charge on any atom is 0.416 e. The molecule has 10 heteroatoms. The third-order valence-corrected chi connectivity index (χ3v) is 12.3. The van der Waals surface area contributed by atoms with Crippen molar-refractivity contribution < 1.29 is 27.8 Å². The molecule has 0 amide bonds. The number of fused-ring (bicyclic) bond motifs is 5. The summed E-state index contributed by atoms with van der Waals surface area (Å²) >= 11 is 0. The van der Waals surface area contributed by atoms with E-state index >= 15 is 0 Å². The number of hydrogen-bond donors (Lipinski definition) is 1. The van der Waals surface area contributed by atoms with Crippen molar-refractivity contribution in [3.05, 3.63) is 92.8 Å². The smallest absolute Gasteiger partial charge is 0.416 e. The topological polar surface area (TPSA) is 81.4 Å². The highest BCUT2D eigenvalue weighted by atomic mass is 28.3. The van der Waals surface area contributed by atoms with Gasteiger partial charge in [-0.25, -0.2) is 4.98 Å². The van der Waals surface area contributed by atoms with Crippen LogP contribution in [0.1, 0.15) is 47.6 Å². The van der Waals surface area contributed by atoms with Crippen LogP contribution in [0.25, 0.3) is 22.3 Å². The largest absolute Gasteiger partial charge is 0.460 e. The Morgan fingerprint density at radius 3 is 2.50 bits per heavy atom. The summed E-state index contributed by atoms with van der Waals surface area (Å²) in [5, 5.41) is 12.8. The van der Waals surface area contributed by atoms with Crippen molar-refractivity contribution in [2.24, 2.45) is 0 Å². The number of hydrogen-bond acceptors (Lipinski definition) is 5. The highest BCUT2D eigenvalue weighted by molar-refractivity contribution is 6.91. The second-order valence-corrected chi connectivity index (χ2v) is 16.7. The highest BCUT2D eigenvalue weighted by Crippen LogP contribution is 2.40. The van der Waals surface area contributed by atoms with Gasteiger partial charge in [0.15, 0.2) is 0 Å². The maximum atomic E-state index is 13.9. The summed E-state index contributed by atoms with van der Waals surface area (Å²) < 4.78 is 48.5. The zero-order valence-corrected chi connectivity index (χ0v) is 24.6. The van der Waals surface area contributed by atoms with Gasteiger partial charge < -0.3 is 14.4 Å². The van der Waals surface area contributed by atoms with Crippen molar-refractivity contribution in [1.29, 1.82) is 0 Å². The van der Waals surface area contributed by atoms with Gasteiger partial charge in [-0.1, -0.05) is 50.3 Å². The molecule has 0 aliphatic carbocycles. The Balaban J connectivity index is 1.59. The van der Waals surface area contributed by atoms with Crippen LogP contribution < -0.4 is 10.7 Å². The minimum atomic E-state index is -4.51. The third kappa shape index (κ3) is 4.66. The summed E-state index contributed by atoms with van der Waals surface area (Å²) in [6.45, 7) is 5.94. The molecule has 42 heavy (non-hydrogen) atoms. The molecule has 1 atom stereocenters. The first kappa shape index (κ1) is 28.4. The van der Waals surface area contributed by atoms with E-state index in [0.29, 0.717) is 27.9 Å². The Kier molecular flexibility index (Phi) is 6.69. The first-order valence-electron chi connectivity index (χ1n) is 14.1. The van der Waals surface area contributed by atoms with Gasteiger partial charge in [0.2, 0.25) is 0 Å². The quantitative estimate of drug-likeness (QED) is 0.211. The van der Waals surface area contributed by atoms with Crippen molar-refractivity contribution in [2.75, 3.05) is 0 Å². The fourth-order valence-corrected chi connectivity index (χ4v) is 9.56. The molecular formula is C32H31F3N2O4Si. The van der Waals surface area contributed by atoms with Crippen LogP contribution in [0.4, 0.5) is 13.2 Å². The Hall–Kier alpha value is -3.76. The summed E-state index contributed by atoms with van der Waals surface area (Å²) in [4.78, 5) is 31.0. The van der Waals surface area contributed by atoms with E-state index in [9.17, 15) is 27.9 Å². The van der Waals surface area contributed by atoms with E-state index in [-0.39, 0.29) is 31.6 Å². The zero-order chi connectivity index (χ0) is 30.0. The van der Waals surface area contributed by atoms with Crippen molar-refractivity contribution >= 4 is 30.1 Å². The molecule has 218 valence electrons. The highest BCUT2D eigenvalue weighted by Gasteiger charge is 2.41. The number of aromatic nitrogens is 2. The number of benzene rings is 2. The van der Waals surface area contributed by atoms with Crippen LogP contribution in [0.15, 0.2) is 59.4 Å². The van der Waals surface area contributed by atoms with E-state index in [0.717, 1.165) is 34.8 Å². The Morgan fingerprint density at radius 1 is 1.07 bits per heavy atom. The number of halogens is 3. The van der Waals surface area contributed by atoms with Gasteiger partial charge in [-0.2, -0.15) is 13.2 Å². The Labute approximate surface area is 241 Å². The standard InChI is InChI=1S/C32H31F3N2O4Si/c1-4-31(40)16-27(38)41-18-23-24(31)15-26-28-22(17-37(26)30(23)39)29(42(2,3)13-12-19-8-6-5-7-9-19)21-14-20(32(33,34)35)10-11-25(21)36-28/h5-11,14-15,40H,4,12-13,16-18H2,1-3H3. The fraction of sp³-hybridized carbons (Fsp3) is 0.344. The summed E-state index contributed by atoms with van der Waals surface area (Å²) in [6.07, 6.45) is -3.82. The lowest BCUT2D eigenvalue weighted by atomic mass is 9.85. The van der Waals surface area contributed by atoms with Crippen LogP contribution in [-0.4, -0.2) is 28.7 Å². The molecule has 4 aromatic rings. The number of pyridine rings is 2. The average Bonchev–Trinajstić information content (AvgIpc) is 3.25. The van der Waals surface area contributed by atoms with Gasteiger partial charge in [0.05, 0.1) is 49.1 Å². The number of aliphatic hydroxyl groups is 1. The lowest BCUT2D eigenvalue weighted by Gasteiger charge is -2.28. The molecule has 2 aromatic heterocycles. The van der Waals surface area contributed by atoms with E-state index in [1.165, 1.54) is 12.1 Å². The van der Waals surface area contributed by atoms with Crippen LogP contribution in [0.2, 0.25) is 19.1 Å². The van der Waals surface area contributed by atoms with E-state index in [2.05, 4.69) is 13.1 Å². The molecule has 0 bridgehead atoms. The number of aryl methyl sites for hydroxylation is 1. The molecule has 1 N–H and O–H groups in total. The molecule has 2 aromatic carbocycles.